The van der Waals surface area contributed by atoms with Gasteiger partial charge >= 0.3 is 0 Å². The van der Waals surface area contributed by atoms with Crippen molar-refractivity contribution >= 4 is 26.5 Å². The highest BCUT2D eigenvalue weighted by atomic mass is 32.2. The van der Waals surface area contributed by atoms with Gasteiger partial charge in [-0.05, 0) is 28.7 Å². The van der Waals surface area contributed by atoms with E-state index in [1.807, 2.05) is 42.5 Å². The van der Waals surface area contributed by atoms with Gasteiger partial charge in [0.05, 0.1) is 17.9 Å². The molecule has 1 atom stereocenters. The molecule has 1 fully saturated rings. The van der Waals surface area contributed by atoms with Crippen LogP contribution < -0.4 is 5.32 Å². The van der Waals surface area contributed by atoms with Crippen LogP contribution in [0.25, 0.3) is 10.8 Å². The van der Waals surface area contributed by atoms with Crippen molar-refractivity contribution in [2.24, 2.45) is 5.92 Å². The Hall–Kier alpha value is -1.88. The third-order valence-corrected chi connectivity index (χ3v) is 5.93. The van der Waals surface area contributed by atoms with Crippen LogP contribution in [0.5, 0.6) is 0 Å². The van der Waals surface area contributed by atoms with E-state index in [2.05, 4.69) is 5.32 Å². The van der Waals surface area contributed by atoms with Gasteiger partial charge in [0.15, 0.2) is 9.84 Å². The number of amides is 1. The van der Waals surface area contributed by atoms with E-state index in [9.17, 15) is 13.2 Å². The fourth-order valence-electron chi connectivity index (χ4n) is 2.89. The number of fused-ring (bicyclic) bond motifs is 1. The first-order valence-corrected chi connectivity index (χ1v) is 9.29. The number of sulfone groups is 1. The second kappa shape index (κ2) is 6.08. The van der Waals surface area contributed by atoms with Gasteiger partial charge in [0.25, 0.3) is 0 Å². The molecule has 1 aliphatic rings. The Kier molecular flexibility index (Phi) is 4.16. The largest absolute Gasteiger partial charge is 0.356 e. The molecule has 0 bridgehead atoms. The topological polar surface area (TPSA) is 63.2 Å². The van der Waals surface area contributed by atoms with Crippen LogP contribution in [0, 0.1) is 5.92 Å². The molecule has 1 unspecified atom stereocenters. The van der Waals surface area contributed by atoms with Crippen molar-refractivity contribution in [3.8, 4) is 0 Å². The zero-order chi connectivity index (χ0) is 15.6. The first kappa shape index (κ1) is 15.0. The number of nitrogens with one attached hydrogen (secondary N) is 1. The van der Waals surface area contributed by atoms with E-state index >= 15 is 0 Å². The van der Waals surface area contributed by atoms with E-state index in [0.29, 0.717) is 19.4 Å². The highest BCUT2D eigenvalue weighted by Gasteiger charge is 2.27. The molecular weight excluding hydrogens is 298 g/mol. The summed E-state index contributed by atoms with van der Waals surface area (Å²) < 4.78 is 22.8. The van der Waals surface area contributed by atoms with Gasteiger partial charge in [-0.25, -0.2) is 8.42 Å². The molecule has 0 spiro atoms. The number of hydrogen-bond donors (Lipinski definition) is 1. The fourth-order valence-corrected chi connectivity index (χ4v) is 4.75. The van der Waals surface area contributed by atoms with Gasteiger partial charge in [-0.1, -0.05) is 42.5 Å². The number of rotatable bonds is 4. The van der Waals surface area contributed by atoms with E-state index in [0.717, 1.165) is 16.3 Å². The van der Waals surface area contributed by atoms with E-state index in [1.54, 1.807) is 0 Å². The Bertz CT molecular complexity index is 798. The Morgan fingerprint density at radius 3 is 2.64 bits per heavy atom. The standard InChI is InChI=1S/C17H19NO3S/c19-17(18-11-14-7-8-22(20,21)12-14)10-13-5-6-15-3-1-2-4-16(15)9-13/h1-6,9,14H,7-8,10-12H2,(H,18,19). The number of carbonyl (C=O) groups excluding carboxylic acids is 1. The summed E-state index contributed by atoms with van der Waals surface area (Å²) in [6, 6.07) is 14.0. The molecule has 2 aromatic carbocycles. The van der Waals surface area contributed by atoms with Crippen LogP contribution in [0.2, 0.25) is 0 Å². The minimum atomic E-state index is -2.88. The third kappa shape index (κ3) is 3.65. The fraction of sp³-hybridized carbons (Fsp3) is 0.353. The van der Waals surface area contributed by atoms with E-state index in [4.69, 9.17) is 0 Å². The second-order valence-electron chi connectivity index (χ2n) is 5.93. The summed E-state index contributed by atoms with van der Waals surface area (Å²) in [5, 5.41) is 5.13. The first-order valence-electron chi connectivity index (χ1n) is 7.47. The van der Waals surface area contributed by atoms with Gasteiger partial charge in [0.2, 0.25) is 5.91 Å². The molecule has 1 saturated heterocycles. The van der Waals surface area contributed by atoms with Crippen LogP contribution in [0.4, 0.5) is 0 Å². The molecule has 3 rings (SSSR count). The van der Waals surface area contributed by atoms with E-state index < -0.39 is 9.84 Å². The lowest BCUT2D eigenvalue weighted by atomic mass is 10.0. The molecule has 5 heteroatoms. The molecule has 0 aromatic heterocycles. The zero-order valence-electron chi connectivity index (χ0n) is 12.3. The summed E-state index contributed by atoms with van der Waals surface area (Å²) in [6.07, 6.45) is 0.975. The average molecular weight is 317 g/mol. The Labute approximate surface area is 130 Å². The molecule has 116 valence electrons. The Balaban J connectivity index is 1.56. The minimum Gasteiger partial charge on any atom is -0.356 e. The lowest BCUT2D eigenvalue weighted by Gasteiger charge is -2.10. The van der Waals surface area contributed by atoms with Crippen molar-refractivity contribution < 1.29 is 13.2 Å². The Morgan fingerprint density at radius 1 is 1.14 bits per heavy atom. The van der Waals surface area contributed by atoms with Gasteiger partial charge in [0, 0.05) is 6.54 Å². The highest BCUT2D eigenvalue weighted by molar-refractivity contribution is 7.91. The molecule has 1 amide bonds. The Morgan fingerprint density at radius 2 is 1.91 bits per heavy atom. The summed E-state index contributed by atoms with van der Waals surface area (Å²) in [5.74, 6) is 0.451. The second-order valence-corrected chi connectivity index (χ2v) is 8.16. The first-order chi connectivity index (χ1) is 10.5. The average Bonchev–Trinajstić information content (AvgIpc) is 2.84. The molecule has 4 nitrogen and oxygen atoms in total. The monoisotopic (exact) mass is 317 g/mol. The summed E-state index contributed by atoms with van der Waals surface area (Å²) in [6.45, 7) is 0.450. The van der Waals surface area contributed by atoms with Crippen LogP contribution >= 0.6 is 0 Å². The molecule has 0 radical (unpaired) electrons. The van der Waals surface area contributed by atoms with Crippen LogP contribution in [0.3, 0.4) is 0 Å². The SMILES string of the molecule is O=C(Cc1ccc2ccccc2c1)NCC1CCS(=O)(=O)C1. The maximum absolute atomic E-state index is 12.0. The lowest BCUT2D eigenvalue weighted by molar-refractivity contribution is -0.120. The van der Waals surface area contributed by atoms with Gasteiger partial charge < -0.3 is 5.32 Å². The molecule has 1 N–H and O–H groups in total. The summed E-state index contributed by atoms with van der Waals surface area (Å²) in [4.78, 5) is 12.0. The van der Waals surface area contributed by atoms with Crippen molar-refractivity contribution in [3.63, 3.8) is 0 Å². The quantitative estimate of drug-likeness (QED) is 0.937. The number of carbonyl (C=O) groups is 1. The smallest absolute Gasteiger partial charge is 0.224 e. The molecule has 22 heavy (non-hydrogen) atoms. The minimum absolute atomic E-state index is 0.0559. The third-order valence-electron chi connectivity index (χ3n) is 4.09. The maximum atomic E-state index is 12.0. The predicted molar refractivity (Wildman–Crippen MR) is 87.4 cm³/mol. The van der Waals surface area contributed by atoms with Crippen molar-refractivity contribution in [2.75, 3.05) is 18.1 Å². The molecule has 1 heterocycles. The van der Waals surface area contributed by atoms with Crippen LogP contribution in [0.15, 0.2) is 42.5 Å². The van der Waals surface area contributed by atoms with Crippen molar-refractivity contribution in [1.82, 2.24) is 5.32 Å². The van der Waals surface area contributed by atoms with Crippen LogP contribution in [-0.2, 0) is 21.1 Å². The van der Waals surface area contributed by atoms with Crippen LogP contribution in [-0.4, -0.2) is 32.4 Å². The molecule has 0 aliphatic carbocycles. The van der Waals surface area contributed by atoms with Gasteiger partial charge in [-0.3, -0.25) is 4.79 Å². The highest BCUT2D eigenvalue weighted by Crippen LogP contribution is 2.18. The molecular formula is C17H19NO3S. The normalized spacial score (nSPS) is 20.1. The molecule has 1 aliphatic heterocycles. The van der Waals surface area contributed by atoms with Crippen LogP contribution in [0.1, 0.15) is 12.0 Å². The summed E-state index contributed by atoms with van der Waals surface area (Å²) in [5.41, 5.74) is 0.968. The maximum Gasteiger partial charge on any atom is 0.224 e. The summed E-state index contributed by atoms with van der Waals surface area (Å²) in [7, 11) is -2.88. The van der Waals surface area contributed by atoms with E-state index in [1.165, 1.54) is 0 Å². The van der Waals surface area contributed by atoms with Crippen molar-refractivity contribution in [3.05, 3.63) is 48.0 Å². The van der Waals surface area contributed by atoms with Gasteiger partial charge in [-0.15, -0.1) is 0 Å². The van der Waals surface area contributed by atoms with Gasteiger partial charge in [-0.2, -0.15) is 0 Å². The van der Waals surface area contributed by atoms with Crippen molar-refractivity contribution in [1.29, 1.82) is 0 Å². The molecule has 0 saturated carbocycles. The van der Waals surface area contributed by atoms with Gasteiger partial charge in [0.1, 0.15) is 0 Å². The van der Waals surface area contributed by atoms with E-state index in [-0.39, 0.29) is 23.3 Å². The zero-order valence-corrected chi connectivity index (χ0v) is 13.1. The number of hydrogen-bond acceptors (Lipinski definition) is 3. The molecule has 2 aromatic rings. The van der Waals surface area contributed by atoms with Crippen molar-refractivity contribution in [2.45, 2.75) is 12.8 Å². The summed E-state index contributed by atoms with van der Waals surface area (Å²) >= 11 is 0. The predicted octanol–water partition coefficient (Wildman–Crippen LogP) is 1.93. The lowest BCUT2D eigenvalue weighted by Crippen LogP contribution is -2.31. The number of benzene rings is 2.